The highest BCUT2D eigenvalue weighted by Gasteiger charge is 2.28. The fourth-order valence-electron chi connectivity index (χ4n) is 1.96. The van der Waals surface area contributed by atoms with Gasteiger partial charge in [-0.1, -0.05) is 11.6 Å². The molecule has 2 unspecified atom stereocenters. The first-order valence-corrected chi connectivity index (χ1v) is 5.19. The highest BCUT2D eigenvalue weighted by Crippen LogP contribution is 2.28. The molecule has 2 atom stereocenters. The second-order valence-corrected chi connectivity index (χ2v) is 4.21. The summed E-state index contributed by atoms with van der Waals surface area (Å²) in [5.74, 6) is 0.856. The number of pyridine rings is 1. The molecule has 0 saturated carbocycles. The lowest BCUT2D eigenvalue weighted by Crippen LogP contribution is -2.30. The number of rotatable bonds is 1. The molecule has 0 aromatic carbocycles. The van der Waals surface area contributed by atoms with Gasteiger partial charge in [-0.25, -0.2) is 4.98 Å². The molecule has 14 heavy (non-hydrogen) atoms. The molecule has 2 N–H and O–H groups in total. The molecule has 76 valence electrons. The number of hydrogen-bond donors (Lipinski definition) is 1. The topological polar surface area (TPSA) is 42.1 Å². The maximum absolute atomic E-state index is 6.07. The second-order valence-electron chi connectivity index (χ2n) is 3.81. The minimum absolute atomic E-state index is 0.239. The van der Waals surface area contributed by atoms with E-state index >= 15 is 0 Å². The van der Waals surface area contributed by atoms with Gasteiger partial charge in [0.1, 0.15) is 5.82 Å². The van der Waals surface area contributed by atoms with Crippen molar-refractivity contribution in [3.63, 3.8) is 0 Å². The molecule has 2 rings (SSSR count). The largest absolute Gasteiger partial charge is 0.351 e. The molecule has 0 amide bonds. The number of nitrogens with two attached hydrogens (primary N) is 1. The molecule has 0 spiro atoms. The fourth-order valence-corrected chi connectivity index (χ4v) is 2.19. The van der Waals surface area contributed by atoms with E-state index in [-0.39, 0.29) is 6.04 Å². The van der Waals surface area contributed by atoms with Crippen LogP contribution < -0.4 is 10.6 Å². The van der Waals surface area contributed by atoms with Gasteiger partial charge in [-0.2, -0.15) is 0 Å². The molecule has 2 heterocycles. The summed E-state index contributed by atoms with van der Waals surface area (Å²) in [5, 5.41) is 0.702. The van der Waals surface area contributed by atoms with Gasteiger partial charge in [-0.3, -0.25) is 0 Å². The van der Waals surface area contributed by atoms with E-state index in [1.165, 1.54) is 0 Å². The zero-order chi connectivity index (χ0) is 10.1. The Bertz CT molecular complexity index is 329. The molecule has 0 bridgehead atoms. The van der Waals surface area contributed by atoms with Crippen LogP contribution in [0.2, 0.25) is 5.02 Å². The third-order valence-electron chi connectivity index (χ3n) is 2.62. The number of halogens is 1. The van der Waals surface area contributed by atoms with Crippen molar-refractivity contribution in [1.82, 2.24) is 4.98 Å². The Morgan fingerprint density at radius 2 is 2.43 bits per heavy atom. The zero-order valence-electron chi connectivity index (χ0n) is 8.15. The van der Waals surface area contributed by atoms with Gasteiger partial charge < -0.3 is 10.6 Å². The molecule has 1 aromatic heterocycles. The Morgan fingerprint density at radius 3 is 3.00 bits per heavy atom. The van der Waals surface area contributed by atoms with Gasteiger partial charge in [-0.05, 0) is 25.5 Å². The third kappa shape index (κ3) is 1.70. The average molecular weight is 212 g/mol. The van der Waals surface area contributed by atoms with Gasteiger partial charge in [0.25, 0.3) is 0 Å². The first-order chi connectivity index (χ1) is 6.68. The molecular weight excluding hydrogens is 198 g/mol. The summed E-state index contributed by atoms with van der Waals surface area (Å²) in [4.78, 5) is 6.46. The van der Waals surface area contributed by atoms with Crippen molar-refractivity contribution in [3.05, 3.63) is 23.4 Å². The van der Waals surface area contributed by atoms with Gasteiger partial charge in [0.05, 0.1) is 5.02 Å². The maximum atomic E-state index is 6.07. The van der Waals surface area contributed by atoms with E-state index in [1.807, 2.05) is 12.1 Å². The van der Waals surface area contributed by atoms with Crippen molar-refractivity contribution in [3.8, 4) is 0 Å². The van der Waals surface area contributed by atoms with Crippen molar-refractivity contribution < 1.29 is 0 Å². The molecule has 0 aliphatic carbocycles. The lowest BCUT2D eigenvalue weighted by Gasteiger charge is -2.23. The van der Waals surface area contributed by atoms with Crippen LogP contribution in [0.5, 0.6) is 0 Å². The molecule has 1 saturated heterocycles. The Balaban J connectivity index is 2.27. The zero-order valence-corrected chi connectivity index (χ0v) is 8.91. The lowest BCUT2D eigenvalue weighted by molar-refractivity contribution is 0.688. The summed E-state index contributed by atoms with van der Waals surface area (Å²) < 4.78 is 0. The van der Waals surface area contributed by atoms with E-state index in [0.717, 1.165) is 18.8 Å². The molecule has 1 aliphatic heterocycles. The SMILES string of the molecule is CC1CC(N)CN1c1ncccc1Cl. The Morgan fingerprint density at radius 1 is 1.64 bits per heavy atom. The summed E-state index contributed by atoms with van der Waals surface area (Å²) in [5.41, 5.74) is 5.89. The van der Waals surface area contributed by atoms with Crippen molar-refractivity contribution in [2.75, 3.05) is 11.4 Å². The smallest absolute Gasteiger partial charge is 0.147 e. The molecule has 4 heteroatoms. The summed E-state index contributed by atoms with van der Waals surface area (Å²) >= 11 is 6.07. The predicted molar refractivity (Wildman–Crippen MR) is 58.6 cm³/mol. The first-order valence-electron chi connectivity index (χ1n) is 4.81. The molecular formula is C10H14ClN3. The van der Waals surface area contributed by atoms with Gasteiger partial charge >= 0.3 is 0 Å². The van der Waals surface area contributed by atoms with Crippen LogP contribution in [0, 0.1) is 0 Å². The van der Waals surface area contributed by atoms with Crippen LogP contribution in [-0.2, 0) is 0 Å². The van der Waals surface area contributed by atoms with Crippen molar-refractivity contribution in [2.24, 2.45) is 5.73 Å². The molecule has 1 fully saturated rings. The van der Waals surface area contributed by atoms with E-state index in [2.05, 4.69) is 16.8 Å². The van der Waals surface area contributed by atoms with Crippen LogP contribution in [0.25, 0.3) is 0 Å². The van der Waals surface area contributed by atoms with E-state index in [4.69, 9.17) is 17.3 Å². The summed E-state index contributed by atoms with van der Waals surface area (Å²) in [6, 6.07) is 4.37. The van der Waals surface area contributed by atoms with E-state index in [1.54, 1.807) is 6.20 Å². The van der Waals surface area contributed by atoms with Crippen LogP contribution >= 0.6 is 11.6 Å². The van der Waals surface area contributed by atoms with Gasteiger partial charge in [0, 0.05) is 24.8 Å². The van der Waals surface area contributed by atoms with Crippen LogP contribution in [0.15, 0.2) is 18.3 Å². The molecule has 1 aliphatic rings. The standard InChI is InChI=1S/C10H14ClN3/c1-7-5-8(12)6-14(7)10-9(11)3-2-4-13-10/h2-4,7-8H,5-6,12H2,1H3. The third-order valence-corrected chi connectivity index (χ3v) is 2.91. The number of anilines is 1. The predicted octanol–water partition coefficient (Wildman–Crippen LogP) is 1.66. The monoisotopic (exact) mass is 211 g/mol. The minimum Gasteiger partial charge on any atom is -0.351 e. The van der Waals surface area contributed by atoms with E-state index in [9.17, 15) is 0 Å². The molecule has 0 radical (unpaired) electrons. The number of hydrogen-bond acceptors (Lipinski definition) is 3. The normalized spacial score (nSPS) is 26.9. The first kappa shape index (κ1) is 9.74. The maximum Gasteiger partial charge on any atom is 0.147 e. The average Bonchev–Trinajstić information content (AvgIpc) is 2.46. The van der Waals surface area contributed by atoms with Crippen LogP contribution in [0.3, 0.4) is 0 Å². The van der Waals surface area contributed by atoms with Crippen molar-refractivity contribution in [1.29, 1.82) is 0 Å². The lowest BCUT2D eigenvalue weighted by atomic mass is 10.2. The molecule has 3 nitrogen and oxygen atoms in total. The Hall–Kier alpha value is -0.800. The second kappa shape index (κ2) is 3.75. The van der Waals surface area contributed by atoms with Gasteiger partial charge in [-0.15, -0.1) is 0 Å². The summed E-state index contributed by atoms with van der Waals surface area (Å²) in [7, 11) is 0. The quantitative estimate of drug-likeness (QED) is 0.769. The Labute approximate surface area is 88.9 Å². The van der Waals surface area contributed by atoms with Crippen molar-refractivity contribution >= 4 is 17.4 Å². The fraction of sp³-hybridized carbons (Fsp3) is 0.500. The van der Waals surface area contributed by atoms with Crippen LogP contribution in [0.1, 0.15) is 13.3 Å². The van der Waals surface area contributed by atoms with Gasteiger partial charge in [0.15, 0.2) is 0 Å². The van der Waals surface area contributed by atoms with Gasteiger partial charge in [0.2, 0.25) is 0 Å². The minimum atomic E-state index is 0.239. The molecule has 1 aromatic rings. The van der Waals surface area contributed by atoms with Crippen molar-refractivity contribution in [2.45, 2.75) is 25.4 Å². The Kier molecular flexibility index (Phi) is 2.61. The number of nitrogens with zero attached hydrogens (tertiary/aromatic N) is 2. The van der Waals surface area contributed by atoms with E-state index < -0.39 is 0 Å². The summed E-state index contributed by atoms with van der Waals surface area (Å²) in [6.07, 6.45) is 2.77. The van der Waals surface area contributed by atoms with Crippen LogP contribution in [0.4, 0.5) is 5.82 Å². The number of aromatic nitrogens is 1. The van der Waals surface area contributed by atoms with Crippen LogP contribution in [-0.4, -0.2) is 23.6 Å². The summed E-state index contributed by atoms with van der Waals surface area (Å²) in [6.45, 7) is 3.00. The highest BCUT2D eigenvalue weighted by atomic mass is 35.5. The van der Waals surface area contributed by atoms with E-state index in [0.29, 0.717) is 11.1 Å². The highest BCUT2D eigenvalue weighted by molar-refractivity contribution is 6.32.